The van der Waals surface area contributed by atoms with E-state index >= 15 is 0 Å². The van der Waals surface area contributed by atoms with E-state index in [4.69, 9.17) is 32.7 Å². The number of ether oxygens (including phenoxy) is 2. The number of hydrogen-bond donors (Lipinski definition) is 2. The molecule has 4 atom stereocenters. The number of aliphatic hydroxyl groups excluding tert-OH is 1. The highest BCUT2D eigenvalue weighted by Crippen LogP contribution is 2.42. The van der Waals surface area contributed by atoms with Crippen molar-refractivity contribution < 1.29 is 19.4 Å². The van der Waals surface area contributed by atoms with Gasteiger partial charge < -0.3 is 24.5 Å². The van der Waals surface area contributed by atoms with Crippen LogP contribution in [0.25, 0.3) is 11.1 Å². The third-order valence-corrected chi connectivity index (χ3v) is 7.99. The Bertz CT molecular complexity index is 1460. The van der Waals surface area contributed by atoms with Crippen LogP contribution in [-0.4, -0.2) is 26.7 Å². The van der Waals surface area contributed by atoms with Gasteiger partial charge in [0.1, 0.15) is 5.15 Å². The number of hydrogen-bond acceptors (Lipinski definition) is 5. The summed E-state index contributed by atoms with van der Waals surface area (Å²) >= 11 is 12.5. The molecule has 7 nitrogen and oxygen atoms in total. The van der Waals surface area contributed by atoms with Gasteiger partial charge in [-0.2, -0.15) is 0 Å². The second-order valence-corrected chi connectivity index (χ2v) is 10.7. The van der Waals surface area contributed by atoms with E-state index < -0.39 is 6.29 Å². The number of carbonyl (C=O) groups is 1. The van der Waals surface area contributed by atoms with Crippen molar-refractivity contribution in [1.29, 1.82) is 0 Å². The number of nitrogens with zero attached hydrogens (tertiary/aromatic N) is 2. The van der Waals surface area contributed by atoms with Gasteiger partial charge in [0.2, 0.25) is 5.91 Å². The van der Waals surface area contributed by atoms with E-state index in [2.05, 4.69) is 23.3 Å². The molecule has 5 rings (SSSR count). The number of nitrogens with one attached hydrogen (secondary N) is 1. The van der Waals surface area contributed by atoms with Gasteiger partial charge in [0.05, 0.1) is 31.7 Å². The summed E-state index contributed by atoms with van der Waals surface area (Å²) in [5, 5.41) is 13.0. The van der Waals surface area contributed by atoms with E-state index in [9.17, 15) is 9.90 Å². The van der Waals surface area contributed by atoms with Gasteiger partial charge in [-0.05, 0) is 33.9 Å². The molecule has 2 N–H and O–H groups in total. The highest BCUT2D eigenvalue weighted by molar-refractivity contribution is 6.40. The van der Waals surface area contributed by atoms with Crippen LogP contribution in [0.3, 0.4) is 0 Å². The molecule has 2 heterocycles. The van der Waals surface area contributed by atoms with E-state index in [1.165, 1.54) is 6.92 Å². The predicted octanol–water partition coefficient (Wildman–Crippen LogP) is 6.48. The van der Waals surface area contributed by atoms with Crippen molar-refractivity contribution >= 4 is 29.1 Å². The summed E-state index contributed by atoms with van der Waals surface area (Å²) in [4.78, 5) is 15.4. The molecule has 208 valence electrons. The number of amides is 1. The van der Waals surface area contributed by atoms with Gasteiger partial charge in [-0.3, -0.25) is 4.79 Å². The molecule has 1 saturated heterocycles. The topological polar surface area (TPSA) is 85.6 Å². The van der Waals surface area contributed by atoms with E-state index in [-0.39, 0.29) is 35.8 Å². The summed E-state index contributed by atoms with van der Waals surface area (Å²) in [7, 11) is 0. The van der Waals surface area contributed by atoms with Crippen LogP contribution in [0, 0.1) is 5.92 Å². The molecule has 3 aromatic carbocycles. The van der Waals surface area contributed by atoms with Gasteiger partial charge in [-0.1, -0.05) is 96.9 Å². The summed E-state index contributed by atoms with van der Waals surface area (Å²) in [5.74, 6) is -0.0741. The molecule has 1 aliphatic rings. The number of carbonyl (C=O) groups excluding carboxylic acids is 1. The molecule has 1 fully saturated rings. The van der Waals surface area contributed by atoms with Crippen molar-refractivity contribution in [1.82, 2.24) is 14.9 Å². The Labute approximate surface area is 243 Å². The van der Waals surface area contributed by atoms with Crippen LogP contribution < -0.4 is 5.32 Å². The smallest absolute Gasteiger partial charge is 0.217 e. The van der Waals surface area contributed by atoms with Crippen LogP contribution >= 0.6 is 23.2 Å². The standard InChI is InChI=1S/C31H31Cl2N3O4/c1-19-27(16-36-18-35-29(32)30(36)33)39-31(40-28(19)24-8-6-21(17-37)7-9-24)25-12-10-23(11-13-25)26-5-3-4-22(14-26)15-34-20(2)38/h3-14,18-19,27-28,31,37H,15-17H2,1-2H3,(H,34,38)/t19-,27+,28+,31+/m0/s1. The van der Waals surface area contributed by atoms with Crippen LogP contribution in [0.2, 0.25) is 10.3 Å². The largest absolute Gasteiger partial charge is 0.392 e. The number of halogens is 2. The van der Waals surface area contributed by atoms with Crippen molar-refractivity contribution in [2.75, 3.05) is 0 Å². The number of benzene rings is 3. The fraction of sp³-hybridized carbons (Fsp3) is 0.290. The zero-order chi connectivity index (χ0) is 28.2. The normalized spacial score (nSPS) is 20.8. The van der Waals surface area contributed by atoms with E-state index in [1.807, 2.05) is 66.7 Å². The SMILES string of the molecule is CC(=O)NCc1cccc(-c2ccc([C@@H]3O[C@H](Cn4cnc(Cl)c4Cl)[C@H](C)[C@H](c4ccc(CO)cc4)O3)cc2)c1. The van der Waals surface area contributed by atoms with Crippen LogP contribution in [0.1, 0.15) is 48.5 Å². The molecule has 0 unspecified atom stereocenters. The predicted molar refractivity (Wildman–Crippen MR) is 155 cm³/mol. The second kappa shape index (κ2) is 12.5. The highest BCUT2D eigenvalue weighted by Gasteiger charge is 2.38. The van der Waals surface area contributed by atoms with E-state index in [0.29, 0.717) is 18.2 Å². The first-order valence-electron chi connectivity index (χ1n) is 13.1. The molecule has 9 heteroatoms. The molecule has 0 spiro atoms. The quantitative estimate of drug-likeness (QED) is 0.249. The van der Waals surface area contributed by atoms with Crippen LogP contribution in [-0.2, 0) is 34.0 Å². The van der Waals surface area contributed by atoms with Gasteiger partial charge in [-0.15, -0.1) is 0 Å². The van der Waals surface area contributed by atoms with Gasteiger partial charge in [-0.25, -0.2) is 4.98 Å². The molecule has 0 saturated carbocycles. The monoisotopic (exact) mass is 579 g/mol. The Morgan fingerprint density at radius 3 is 2.35 bits per heavy atom. The zero-order valence-electron chi connectivity index (χ0n) is 22.3. The maximum Gasteiger partial charge on any atom is 0.217 e. The molecular formula is C31H31Cl2N3O4. The minimum Gasteiger partial charge on any atom is -0.392 e. The molecule has 1 aliphatic heterocycles. The maximum atomic E-state index is 11.3. The van der Waals surface area contributed by atoms with Crippen molar-refractivity contribution in [3.05, 3.63) is 112 Å². The summed E-state index contributed by atoms with van der Waals surface area (Å²) < 4.78 is 14.9. The van der Waals surface area contributed by atoms with Crippen molar-refractivity contribution in [3.63, 3.8) is 0 Å². The fourth-order valence-electron chi connectivity index (χ4n) is 4.91. The first kappa shape index (κ1) is 28.3. The number of aliphatic hydroxyl groups is 1. The average Bonchev–Trinajstić information content (AvgIpc) is 3.29. The summed E-state index contributed by atoms with van der Waals surface area (Å²) in [5.41, 5.74) is 5.87. The summed E-state index contributed by atoms with van der Waals surface area (Å²) in [6.07, 6.45) is 0.515. The van der Waals surface area contributed by atoms with Crippen molar-refractivity contribution in [2.45, 2.75) is 52.0 Å². The van der Waals surface area contributed by atoms with Crippen LogP contribution in [0.5, 0.6) is 0 Å². The molecule has 0 bridgehead atoms. The first-order chi connectivity index (χ1) is 19.3. The number of rotatable bonds is 8. The zero-order valence-corrected chi connectivity index (χ0v) is 23.8. The maximum absolute atomic E-state index is 11.3. The minimum absolute atomic E-state index is 0.0147. The van der Waals surface area contributed by atoms with Gasteiger partial charge in [0.25, 0.3) is 0 Å². The Kier molecular flexibility index (Phi) is 8.88. The lowest BCUT2D eigenvalue weighted by Gasteiger charge is -2.41. The molecule has 1 amide bonds. The number of aromatic nitrogens is 2. The van der Waals surface area contributed by atoms with Crippen LogP contribution in [0.15, 0.2) is 79.1 Å². The fourth-order valence-corrected chi connectivity index (χ4v) is 5.23. The molecule has 40 heavy (non-hydrogen) atoms. The molecule has 4 aromatic rings. The lowest BCUT2D eigenvalue weighted by atomic mass is 9.90. The van der Waals surface area contributed by atoms with Crippen LogP contribution in [0.4, 0.5) is 0 Å². The van der Waals surface area contributed by atoms with Crippen molar-refractivity contribution in [2.24, 2.45) is 5.92 Å². The third kappa shape index (κ3) is 6.40. The Morgan fingerprint density at radius 1 is 0.975 bits per heavy atom. The van der Waals surface area contributed by atoms with Crippen molar-refractivity contribution in [3.8, 4) is 11.1 Å². The molecule has 0 radical (unpaired) electrons. The first-order valence-corrected chi connectivity index (χ1v) is 13.9. The van der Waals surface area contributed by atoms with E-state index in [1.54, 1.807) is 10.9 Å². The Balaban J connectivity index is 1.40. The molecule has 0 aliphatic carbocycles. The Hall–Kier alpha value is -3.20. The lowest BCUT2D eigenvalue weighted by Crippen LogP contribution is -2.39. The van der Waals surface area contributed by atoms with Gasteiger partial charge >= 0.3 is 0 Å². The summed E-state index contributed by atoms with van der Waals surface area (Å²) in [6, 6.07) is 24.0. The molecule has 1 aromatic heterocycles. The second-order valence-electron chi connectivity index (χ2n) is 10.0. The highest BCUT2D eigenvalue weighted by atomic mass is 35.5. The minimum atomic E-state index is -0.610. The third-order valence-electron chi connectivity index (χ3n) is 7.22. The average molecular weight is 581 g/mol. The van der Waals surface area contributed by atoms with Gasteiger partial charge in [0, 0.05) is 24.9 Å². The summed E-state index contributed by atoms with van der Waals surface area (Å²) in [6.45, 7) is 4.53. The molecular weight excluding hydrogens is 549 g/mol. The number of imidazole rings is 1. The lowest BCUT2D eigenvalue weighted by molar-refractivity contribution is -0.276. The van der Waals surface area contributed by atoms with Gasteiger partial charge in [0.15, 0.2) is 11.4 Å². The van der Waals surface area contributed by atoms with E-state index in [0.717, 1.165) is 33.4 Å². The Morgan fingerprint density at radius 2 is 1.70 bits per heavy atom.